The molecule has 1 aliphatic carbocycles. The lowest BCUT2D eigenvalue weighted by molar-refractivity contribution is -0.159. The smallest absolute Gasteiger partial charge is 0.344 e. The highest BCUT2D eigenvalue weighted by atomic mass is 32.2. The van der Waals surface area contributed by atoms with Gasteiger partial charge in [0.05, 0.1) is 10.5 Å². The molecule has 0 radical (unpaired) electrons. The van der Waals surface area contributed by atoms with E-state index in [1.165, 1.54) is 30.3 Å². The Kier molecular flexibility index (Phi) is 8.30. The topological polar surface area (TPSA) is 98.8 Å². The molecule has 1 saturated carbocycles. The third-order valence-corrected chi connectivity index (χ3v) is 7.42. The Bertz CT molecular complexity index is 1120. The van der Waals surface area contributed by atoms with E-state index in [1.54, 1.807) is 0 Å². The molecule has 3 rings (SSSR count). The van der Waals surface area contributed by atoms with Gasteiger partial charge in [0.1, 0.15) is 11.9 Å². The van der Waals surface area contributed by atoms with Crippen molar-refractivity contribution in [1.29, 1.82) is 0 Å². The second-order valence-corrected chi connectivity index (χ2v) is 10.8. The van der Waals surface area contributed by atoms with Gasteiger partial charge < -0.3 is 9.47 Å². The van der Waals surface area contributed by atoms with E-state index < -0.39 is 34.4 Å². The molecular weight excluding hydrogens is 461 g/mol. The van der Waals surface area contributed by atoms with Crippen molar-refractivity contribution in [3.05, 3.63) is 59.9 Å². The summed E-state index contributed by atoms with van der Waals surface area (Å²) in [4.78, 5) is 24.6. The highest BCUT2D eigenvalue weighted by Crippen LogP contribution is 2.35. The highest BCUT2D eigenvalue weighted by molar-refractivity contribution is 7.92. The van der Waals surface area contributed by atoms with Gasteiger partial charge in [-0.1, -0.05) is 33.3 Å². The maximum absolute atomic E-state index is 13.1. The summed E-state index contributed by atoms with van der Waals surface area (Å²) in [7, 11) is -4.02. The number of esters is 2. The van der Waals surface area contributed by atoms with Crippen molar-refractivity contribution < 1.29 is 31.9 Å². The van der Waals surface area contributed by atoms with Crippen LogP contribution in [0.25, 0.3) is 0 Å². The first-order chi connectivity index (χ1) is 16.0. The molecule has 0 heterocycles. The molecule has 184 valence electrons. The summed E-state index contributed by atoms with van der Waals surface area (Å²) in [6, 6.07) is 10.1. The van der Waals surface area contributed by atoms with Gasteiger partial charge in [-0.3, -0.25) is 4.72 Å². The molecule has 1 fully saturated rings. The molecule has 0 bridgehead atoms. The molecule has 0 amide bonds. The lowest BCUT2D eigenvalue weighted by Crippen LogP contribution is -2.36. The Morgan fingerprint density at radius 3 is 2.50 bits per heavy atom. The van der Waals surface area contributed by atoms with Crippen LogP contribution in [-0.2, 0) is 24.3 Å². The third-order valence-electron chi connectivity index (χ3n) is 6.04. The van der Waals surface area contributed by atoms with Crippen LogP contribution in [-0.4, -0.2) is 33.1 Å². The number of hydrogen-bond acceptors (Lipinski definition) is 6. The molecule has 9 heteroatoms. The minimum absolute atomic E-state index is 0.0267. The quantitative estimate of drug-likeness (QED) is 0.533. The van der Waals surface area contributed by atoms with Crippen LogP contribution in [0.15, 0.2) is 53.4 Å². The fourth-order valence-corrected chi connectivity index (χ4v) is 5.29. The fourth-order valence-electron chi connectivity index (χ4n) is 4.18. The Morgan fingerprint density at radius 1 is 1.12 bits per heavy atom. The summed E-state index contributed by atoms with van der Waals surface area (Å²) in [5.74, 6) is -0.854. The summed E-state index contributed by atoms with van der Waals surface area (Å²) >= 11 is 0. The molecule has 7 nitrogen and oxygen atoms in total. The summed E-state index contributed by atoms with van der Waals surface area (Å²) in [6.07, 6.45) is 2.66. The molecule has 1 N–H and O–H groups in total. The molecule has 2 aromatic rings. The monoisotopic (exact) mass is 491 g/mol. The number of nitrogens with one attached hydrogen (secondary N) is 1. The second-order valence-electron chi connectivity index (χ2n) is 9.07. The van der Waals surface area contributed by atoms with Crippen LogP contribution in [0.2, 0.25) is 0 Å². The van der Waals surface area contributed by atoms with Gasteiger partial charge in [0, 0.05) is 5.69 Å². The van der Waals surface area contributed by atoms with Crippen molar-refractivity contribution in [2.45, 2.75) is 51.0 Å². The number of benzene rings is 2. The van der Waals surface area contributed by atoms with Crippen LogP contribution in [0.4, 0.5) is 10.1 Å². The number of carbonyl (C=O) groups is 2. The van der Waals surface area contributed by atoms with Crippen LogP contribution >= 0.6 is 0 Å². The van der Waals surface area contributed by atoms with Crippen molar-refractivity contribution in [2.24, 2.45) is 17.8 Å². The summed E-state index contributed by atoms with van der Waals surface area (Å²) in [5, 5.41) is 0. The molecular formula is C25H30FNO6S. The summed E-state index contributed by atoms with van der Waals surface area (Å²) in [5.41, 5.74) is 0.148. The van der Waals surface area contributed by atoms with E-state index in [-0.39, 0.29) is 28.2 Å². The zero-order valence-corrected chi connectivity index (χ0v) is 20.3. The minimum atomic E-state index is -4.02. The number of sulfonamides is 1. The van der Waals surface area contributed by atoms with Crippen molar-refractivity contribution in [1.82, 2.24) is 0 Å². The maximum Gasteiger partial charge on any atom is 0.344 e. The average Bonchev–Trinajstić information content (AvgIpc) is 2.79. The molecule has 2 aromatic carbocycles. The van der Waals surface area contributed by atoms with Gasteiger partial charge in [-0.15, -0.1) is 0 Å². The Hall–Kier alpha value is -2.94. The van der Waals surface area contributed by atoms with Gasteiger partial charge in [-0.25, -0.2) is 22.4 Å². The van der Waals surface area contributed by atoms with E-state index in [9.17, 15) is 22.4 Å². The Labute approximate surface area is 199 Å². The first-order valence-electron chi connectivity index (χ1n) is 11.3. The molecule has 0 aliphatic heterocycles. The number of hydrogen-bond donors (Lipinski definition) is 1. The van der Waals surface area contributed by atoms with E-state index in [1.807, 2.05) is 0 Å². The van der Waals surface area contributed by atoms with Crippen LogP contribution in [0.1, 0.15) is 50.4 Å². The lowest BCUT2D eigenvalue weighted by atomic mass is 9.75. The molecule has 0 saturated heterocycles. The standard InChI is InChI=1S/C25H30FNO6S/c1-16(2)22-12-7-17(3)13-23(22)33-24(28)15-32-25(29)18-5-4-6-21(14-18)34(30,31)27-20-10-8-19(26)9-11-20/h4-6,8-11,14,16-17,22-23,27H,7,12-13,15H2,1-3H3. The first kappa shape index (κ1) is 25.7. The number of ether oxygens (including phenoxy) is 2. The molecule has 0 spiro atoms. The normalized spacial score (nSPS) is 20.6. The van der Waals surface area contributed by atoms with Crippen LogP contribution < -0.4 is 4.72 Å². The van der Waals surface area contributed by atoms with Crippen molar-refractivity contribution in [2.75, 3.05) is 11.3 Å². The molecule has 3 atom stereocenters. The Balaban J connectivity index is 1.60. The van der Waals surface area contributed by atoms with Gasteiger partial charge in [-0.2, -0.15) is 0 Å². The van der Waals surface area contributed by atoms with Crippen LogP contribution in [0, 0.1) is 23.6 Å². The Morgan fingerprint density at radius 2 is 1.82 bits per heavy atom. The van der Waals surface area contributed by atoms with Gasteiger partial charge in [0.2, 0.25) is 0 Å². The molecule has 0 aromatic heterocycles. The van der Waals surface area contributed by atoms with E-state index in [0.717, 1.165) is 37.5 Å². The van der Waals surface area contributed by atoms with Gasteiger partial charge in [0.15, 0.2) is 6.61 Å². The maximum atomic E-state index is 13.1. The van der Waals surface area contributed by atoms with Crippen molar-refractivity contribution >= 4 is 27.6 Å². The predicted octanol–water partition coefficient (Wildman–Crippen LogP) is 4.79. The zero-order valence-electron chi connectivity index (χ0n) is 19.5. The number of anilines is 1. The second kappa shape index (κ2) is 11.0. The largest absolute Gasteiger partial charge is 0.460 e. The highest BCUT2D eigenvalue weighted by Gasteiger charge is 2.33. The number of rotatable bonds is 8. The van der Waals surface area contributed by atoms with E-state index in [2.05, 4.69) is 25.5 Å². The molecule has 1 aliphatic rings. The van der Waals surface area contributed by atoms with Crippen LogP contribution in [0.3, 0.4) is 0 Å². The van der Waals surface area contributed by atoms with Crippen LogP contribution in [0.5, 0.6) is 0 Å². The molecule has 34 heavy (non-hydrogen) atoms. The van der Waals surface area contributed by atoms with E-state index in [0.29, 0.717) is 11.8 Å². The lowest BCUT2D eigenvalue weighted by Gasteiger charge is -2.36. The summed E-state index contributed by atoms with van der Waals surface area (Å²) < 4.78 is 51.3. The zero-order chi connectivity index (χ0) is 24.9. The third kappa shape index (κ3) is 6.79. The number of carbonyl (C=O) groups excluding carboxylic acids is 2. The SMILES string of the molecule is CC1CCC(C(C)C)C(OC(=O)COC(=O)c2cccc(S(=O)(=O)Nc3ccc(F)cc3)c2)C1. The molecule has 3 unspecified atom stereocenters. The van der Waals surface area contributed by atoms with Crippen molar-refractivity contribution in [3.8, 4) is 0 Å². The predicted molar refractivity (Wildman–Crippen MR) is 125 cm³/mol. The minimum Gasteiger partial charge on any atom is -0.460 e. The van der Waals surface area contributed by atoms with E-state index >= 15 is 0 Å². The van der Waals surface area contributed by atoms with Gasteiger partial charge >= 0.3 is 11.9 Å². The van der Waals surface area contributed by atoms with E-state index in [4.69, 9.17) is 9.47 Å². The number of halogens is 1. The average molecular weight is 492 g/mol. The van der Waals surface area contributed by atoms with Gasteiger partial charge in [-0.05, 0) is 73.1 Å². The first-order valence-corrected chi connectivity index (χ1v) is 12.8. The fraction of sp³-hybridized carbons (Fsp3) is 0.440. The summed E-state index contributed by atoms with van der Waals surface area (Å²) in [6.45, 7) is 5.78. The van der Waals surface area contributed by atoms with Crippen molar-refractivity contribution in [3.63, 3.8) is 0 Å². The van der Waals surface area contributed by atoms with Gasteiger partial charge in [0.25, 0.3) is 10.0 Å².